The minimum Gasteiger partial charge on any atom is -0.310 e. The van der Waals surface area contributed by atoms with Gasteiger partial charge in [0, 0.05) is 19.6 Å². The van der Waals surface area contributed by atoms with Crippen LogP contribution >= 0.6 is 11.6 Å². The number of rotatable bonds is 3. The molecule has 2 aromatic rings. The van der Waals surface area contributed by atoms with Crippen LogP contribution in [0.3, 0.4) is 0 Å². The first-order valence-corrected chi connectivity index (χ1v) is 7.92. The molecule has 1 unspecified atom stereocenters. The summed E-state index contributed by atoms with van der Waals surface area (Å²) >= 11 is 6.36. The molecule has 1 atom stereocenters. The standard InChI is InChI=1S/C14H22ClN5/c1-4-19-14-12(11(3)17-19)16-13(10(2)15)20(14)18-8-6-5-7-9-18/h10H,4-9H2,1-3H3. The van der Waals surface area contributed by atoms with E-state index in [0.717, 1.165) is 42.3 Å². The third-order valence-corrected chi connectivity index (χ3v) is 4.18. The van der Waals surface area contributed by atoms with E-state index in [4.69, 9.17) is 16.6 Å². The van der Waals surface area contributed by atoms with E-state index in [2.05, 4.69) is 21.7 Å². The van der Waals surface area contributed by atoms with E-state index in [9.17, 15) is 0 Å². The average Bonchev–Trinajstić information content (AvgIpc) is 2.98. The summed E-state index contributed by atoms with van der Waals surface area (Å²) < 4.78 is 4.25. The first-order valence-electron chi connectivity index (χ1n) is 7.48. The Labute approximate surface area is 124 Å². The van der Waals surface area contributed by atoms with Crippen LogP contribution < -0.4 is 5.01 Å². The molecule has 0 bridgehead atoms. The second-order valence-electron chi connectivity index (χ2n) is 5.49. The van der Waals surface area contributed by atoms with E-state index in [1.54, 1.807) is 0 Å². The number of halogens is 1. The van der Waals surface area contributed by atoms with Crippen molar-refractivity contribution >= 4 is 22.8 Å². The van der Waals surface area contributed by atoms with Gasteiger partial charge >= 0.3 is 0 Å². The number of hydrogen-bond acceptors (Lipinski definition) is 3. The molecule has 0 aromatic carbocycles. The van der Waals surface area contributed by atoms with Gasteiger partial charge in [0.25, 0.3) is 0 Å². The van der Waals surface area contributed by atoms with Gasteiger partial charge in [-0.05, 0) is 40.0 Å². The Kier molecular flexibility index (Phi) is 3.63. The highest BCUT2D eigenvalue weighted by Gasteiger charge is 2.25. The largest absolute Gasteiger partial charge is 0.310 e. The van der Waals surface area contributed by atoms with Gasteiger partial charge in [-0.3, -0.25) is 0 Å². The van der Waals surface area contributed by atoms with Crippen molar-refractivity contribution in [1.82, 2.24) is 19.4 Å². The lowest BCUT2D eigenvalue weighted by Gasteiger charge is -2.31. The summed E-state index contributed by atoms with van der Waals surface area (Å²) in [4.78, 5) is 4.76. The quantitative estimate of drug-likeness (QED) is 0.817. The van der Waals surface area contributed by atoms with Crippen molar-refractivity contribution in [1.29, 1.82) is 0 Å². The van der Waals surface area contributed by atoms with Gasteiger partial charge in [0.05, 0.1) is 11.1 Å². The number of hydrogen-bond donors (Lipinski definition) is 0. The number of imidazole rings is 1. The first kappa shape index (κ1) is 13.7. The van der Waals surface area contributed by atoms with Gasteiger partial charge in [0.1, 0.15) is 11.3 Å². The Hall–Kier alpha value is -1.23. The fourth-order valence-electron chi connectivity index (χ4n) is 3.00. The zero-order chi connectivity index (χ0) is 14.3. The lowest BCUT2D eigenvalue weighted by atomic mass is 10.2. The maximum atomic E-state index is 6.36. The lowest BCUT2D eigenvalue weighted by Crippen LogP contribution is -2.40. The third kappa shape index (κ3) is 2.08. The predicted molar refractivity (Wildman–Crippen MR) is 82.0 cm³/mol. The molecule has 3 rings (SSSR count). The van der Waals surface area contributed by atoms with Gasteiger partial charge in [-0.1, -0.05) is 0 Å². The second-order valence-corrected chi connectivity index (χ2v) is 6.14. The fraction of sp³-hybridized carbons (Fsp3) is 0.714. The number of aryl methyl sites for hydroxylation is 2. The van der Waals surface area contributed by atoms with E-state index in [1.165, 1.54) is 19.3 Å². The Balaban J connectivity index is 2.21. The van der Waals surface area contributed by atoms with Crippen molar-refractivity contribution in [3.63, 3.8) is 0 Å². The molecule has 1 aliphatic heterocycles. The molecular weight excluding hydrogens is 274 g/mol. The number of fused-ring (bicyclic) bond motifs is 1. The predicted octanol–water partition coefficient (Wildman–Crippen LogP) is 2.98. The molecule has 0 spiro atoms. The second kappa shape index (κ2) is 5.28. The highest BCUT2D eigenvalue weighted by Crippen LogP contribution is 2.27. The lowest BCUT2D eigenvalue weighted by molar-refractivity contribution is 0.467. The zero-order valence-electron chi connectivity index (χ0n) is 12.4. The fourth-order valence-corrected chi connectivity index (χ4v) is 3.15. The van der Waals surface area contributed by atoms with E-state index in [1.807, 2.05) is 18.5 Å². The average molecular weight is 296 g/mol. The van der Waals surface area contributed by atoms with Crippen molar-refractivity contribution < 1.29 is 0 Å². The minimum atomic E-state index is -0.103. The van der Waals surface area contributed by atoms with E-state index >= 15 is 0 Å². The van der Waals surface area contributed by atoms with Crippen molar-refractivity contribution in [3.05, 3.63) is 11.5 Å². The molecule has 1 aliphatic rings. The molecule has 0 radical (unpaired) electrons. The van der Waals surface area contributed by atoms with Crippen LogP contribution in [0.4, 0.5) is 0 Å². The van der Waals surface area contributed by atoms with Crippen LogP contribution in [0.25, 0.3) is 11.2 Å². The zero-order valence-corrected chi connectivity index (χ0v) is 13.2. The van der Waals surface area contributed by atoms with Crippen LogP contribution in [-0.4, -0.2) is 32.5 Å². The molecule has 0 amide bonds. The highest BCUT2D eigenvalue weighted by atomic mass is 35.5. The maximum absolute atomic E-state index is 6.36. The van der Waals surface area contributed by atoms with Gasteiger partial charge in [0.15, 0.2) is 5.65 Å². The van der Waals surface area contributed by atoms with Gasteiger partial charge in [-0.25, -0.2) is 14.3 Å². The van der Waals surface area contributed by atoms with Crippen molar-refractivity contribution in [2.45, 2.75) is 52.0 Å². The number of nitrogens with zero attached hydrogens (tertiary/aromatic N) is 5. The van der Waals surface area contributed by atoms with Crippen molar-refractivity contribution in [2.75, 3.05) is 18.1 Å². The molecule has 6 heteroatoms. The monoisotopic (exact) mass is 295 g/mol. The van der Waals surface area contributed by atoms with Crippen LogP contribution in [0.15, 0.2) is 0 Å². The summed E-state index contributed by atoms with van der Waals surface area (Å²) in [5.74, 6) is 0.936. The molecule has 2 aromatic heterocycles. The molecule has 5 nitrogen and oxygen atoms in total. The molecule has 0 aliphatic carbocycles. The molecular formula is C14H22ClN5. The number of aromatic nitrogens is 4. The van der Waals surface area contributed by atoms with Crippen LogP contribution in [-0.2, 0) is 6.54 Å². The van der Waals surface area contributed by atoms with E-state index in [0.29, 0.717) is 0 Å². The Morgan fingerprint density at radius 2 is 1.95 bits per heavy atom. The summed E-state index contributed by atoms with van der Waals surface area (Å²) in [7, 11) is 0. The molecule has 1 saturated heterocycles. The Bertz CT molecular complexity index is 607. The molecule has 0 saturated carbocycles. The molecule has 110 valence electrons. The third-order valence-electron chi connectivity index (χ3n) is 3.98. The molecule has 20 heavy (non-hydrogen) atoms. The smallest absolute Gasteiger partial charge is 0.178 e. The summed E-state index contributed by atoms with van der Waals surface area (Å²) in [6.45, 7) is 9.10. The molecule has 0 N–H and O–H groups in total. The van der Waals surface area contributed by atoms with Crippen LogP contribution in [0, 0.1) is 6.92 Å². The van der Waals surface area contributed by atoms with Gasteiger partial charge in [-0.15, -0.1) is 11.6 Å². The van der Waals surface area contributed by atoms with Crippen molar-refractivity contribution in [2.24, 2.45) is 0 Å². The van der Waals surface area contributed by atoms with Gasteiger partial charge in [0.2, 0.25) is 0 Å². The molecule has 3 heterocycles. The van der Waals surface area contributed by atoms with Crippen LogP contribution in [0.2, 0.25) is 0 Å². The first-order chi connectivity index (χ1) is 9.63. The topological polar surface area (TPSA) is 38.9 Å². The summed E-state index contributed by atoms with van der Waals surface area (Å²) in [5, 5.41) is 6.86. The summed E-state index contributed by atoms with van der Waals surface area (Å²) in [5.41, 5.74) is 3.06. The SMILES string of the molecule is CCn1nc(C)c2nc(C(C)Cl)n(N3CCCCC3)c21. The maximum Gasteiger partial charge on any atom is 0.178 e. The summed E-state index contributed by atoms with van der Waals surface area (Å²) in [6, 6.07) is 0. The highest BCUT2D eigenvalue weighted by molar-refractivity contribution is 6.20. The normalized spacial score (nSPS) is 17.9. The van der Waals surface area contributed by atoms with Gasteiger partial charge < -0.3 is 5.01 Å². The Morgan fingerprint density at radius 1 is 1.25 bits per heavy atom. The minimum absolute atomic E-state index is 0.103. The van der Waals surface area contributed by atoms with Crippen molar-refractivity contribution in [3.8, 4) is 0 Å². The summed E-state index contributed by atoms with van der Waals surface area (Å²) in [6.07, 6.45) is 3.77. The van der Waals surface area contributed by atoms with Crippen LogP contribution in [0.1, 0.15) is 50.0 Å². The van der Waals surface area contributed by atoms with Gasteiger partial charge in [-0.2, -0.15) is 5.10 Å². The van der Waals surface area contributed by atoms with E-state index < -0.39 is 0 Å². The molecule has 1 fully saturated rings. The van der Waals surface area contributed by atoms with E-state index in [-0.39, 0.29) is 5.38 Å². The van der Waals surface area contributed by atoms with Crippen LogP contribution in [0.5, 0.6) is 0 Å². The number of piperidine rings is 1. The number of alkyl halides is 1. The Morgan fingerprint density at radius 3 is 2.55 bits per heavy atom.